The monoisotopic (exact) mass is 796 g/mol. The van der Waals surface area contributed by atoms with Crippen molar-refractivity contribution in [1.82, 2.24) is 39.8 Å². The fraction of sp³-hybridized carbons (Fsp3) is 0.350. The van der Waals surface area contributed by atoms with Crippen LogP contribution in [0.25, 0.3) is 11.3 Å². The minimum absolute atomic E-state index is 0.123. The topological polar surface area (TPSA) is 164 Å². The van der Waals surface area contributed by atoms with Crippen molar-refractivity contribution in [2.75, 3.05) is 49.2 Å². The minimum atomic E-state index is -1.09. The molecule has 58 heavy (non-hydrogen) atoms. The minimum Gasteiger partial charge on any atom is -0.491 e. The van der Waals surface area contributed by atoms with Crippen LogP contribution in [0.2, 0.25) is 0 Å². The zero-order chi connectivity index (χ0) is 40.2. The van der Waals surface area contributed by atoms with Crippen molar-refractivity contribution in [2.24, 2.45) is 0 Å². The third-order valence-corrected chi connectivity index (χ3v) is 10.8. The average molecular weight is 797 g/mol. The summed E-state index contributed by atoms with van der Waals surface area (Å²) < 4.78 is 57.4. The highest BCUT2D eigenvalue weighted by molar-refractivity contribution is 6.01. The summed E-state index contributed by atoms with van der Waals surface area (Å²) in [5, 5.41) is 24.7. The van der Waals surface area contributed by atoms with E-state index in [2.05, 4.69) is 30.8 Å². The maximum Gasteiger partial charge on any atom is 0.257 e. The Bertz CT molecular complexity index is 2410. The van der Waals surface area contributed by atoms with E-state index in [1.165, 1.54) is 28.8 Å². The van der Waals surface area contributed by atoms with Crippen molar-refractivity contribution >= 4 is 34.7 Å². The fourth-order valence-corrected chi connectivity index (χ4v) is 8.26. The summed E-state index contributed by atoms with van der Waals surface area (Å²) in [5.41, 5.74) is 3.98. The van der Waals surface area contributed by atoms with E-state index in [4.69, 9.17) is 9.47 Å². The van der Waals surface area contributed by atoms with E-state index in [0.717, 1.165) is 0 Å². The van der Waals surface area contributed by atoms with Gasteiger partial charge in [-0.15, -0.1) is 0 Å². The van der Waals surface area contributed by atoms with E-state index in [0.29, 0.717) is 81.0 Å². The molecule has 0 aliphatic carbocycles. The molecular weight excluding hydrogens is 757 g/mol. The largest absolute Gasteiger partial charge is 0.491 e. The first kappa shape index (κ1) is 37.2. The van der Waals surface area contributed by atoms with Gasteiger partial charge in [0.2, 0.25) is 0 Å². The van der Waals surface area contributed by atoms with Crippen LogP contribution in [0.15, 0.2) is 60.9 Å². The SMILES string of the molecule is Cc1nn2ccc3nc2c1C(=O)NCCOc1ccc(F)cc1[C@H]1C[C@@H](O)CN31.Cc1nn2ccc3nc2c1C(=O)NCCOc1ccc(F)cc1[C@H]1C[C@H](F)CN31. The van der Waals surface area contributed by atoms with Crippen molar-refractivity contribution in [3.63, 3.8) is 0 Å². The van der Waals surface area contributed by atoms with Crippen LogP contribution in [0.1, 0.15) is 68.2 Å². The Labute approximate surface area is 329 Å². The van der Waals surface area contributed by atoms with Crippen LogP contribution >= 0.6 is 0 Å². The Hall–Kier alpha value is -6.43. The summed E-state index contributed by atoms with van der Waals surface area (Å²) in [7, 11) is 0. The maximum absolute atomic E-state index is 14.5. The van der Waals surface area contributed by atoms with Crippen molar-refractivity contribution in [1.29, 1.82) is 0 Å². The second kappa shape index (κ2) is 14.8. The Balaban J connectivity index is 0.000000150. The van der Waals surface area contributed by atoms with Crippen molar-refractivity contribution in [2.45, 2.75) is 51.0 Å². The number of hydrogen-bond donors (Lipinski definition) is 3. The number of aliphatic hydroxyl groups is 1. The molecule has 4 aliphatic heterocycles. The van der Waals surface area contributed by atoms with Crippen LogP contribution in [-0.4, -0.2) is 97.8 Å². The highest BCUT2D eigenvalue weighted by Gasteiger charge is 2.38. The molecule has 0 radical (unpaired) electrons. The number of amides is 2. The summed E-state index contributed by atoms with van der Waals surface area (Å²) in [6, 6.07) is 11.4. The molecule has 0 spiro atoms. The number of anilines is 2. The number of rotatable bonds is 0. The van der Waals surface area contributed by atoms with Crippen LogP contribution in [-0.2, 0) is 0 Å². The number of carbonyl (C=O) groups is 2. The van der Waals surface area contributed by atoms with E-state index in [-0.39, 0.29) is 62.9 Å². The average Bonchev–Trinajstić information content (AvgIpc) is 3.96. The lowest BCUT2D eigenvalue weighted by Gasteiger charge is -2.27. The van der Waals surface area contributed by atoms with Gasteiger partial charge in [-0.2, -0.15) is 10.2 Å². The Morgan fingerprint density at radius 3 is 1.71 bits per heavy atom. The first-order valence-corrected chi connectivity index (χ1v) is 19.0. The second-order valence-electron chi connectivity index (χ2n) is 14.7. The highest BCUT2D eigenvalue weighted by Crippen LogP contribution is 2.42. The summed E-state index contributed by atoms with van der Waals surface area (Å²) in [6.45, 7) is 4.94. The number of benzene rings is 2. The van der Waals surface area contributed by atoms with Gasteiger partial charge in [-0.25, -0.2) is 32.2 Å². The number of halogens is 3. The van der Waals surface area contributed by atoms with Crippen LogP contribution in [0.4, 0.5) is 24.8 Å². The third-order valence-electron chi connectivity index (χ3n) is 10.8. The van der Waals surface area contributed by atoms with Gasteiger partial charge in [-0.1, -0.05) is 0 Å². The predicted octanol–water partition coefficient (Wildman–Crippen LogP) is 4.20. The van der Waals surface area contributed by atoms with E-state index in [1.54, 1.807) is 59.9 Å². The number of nitrogens with zero attached hydrogens (tertiary/aromatic N) is 8. The molecule has 2 fully saturated rings. The van der Waals surface area contributed by atoms with Crippen LogP contribution < -0.4 is 29.9 Å². The van der Waals surface area contributed by atoms with E-state index >= 15 is 0 Å². The van der Waals surface area contributed by atoms with Gasteiger partial charge in [-0.05, 0) is 68.8 Å². The number of ether oxygens (including phenoxy) is 2. The molecule has 2 saturated heterocycles. The number of alkyl halides is 1. The smallest absolute Gasteiger partial charge is 0.257 e. The molecule has 300 valence electrons. The Morgan fingerprint density at radius 2 is 1.19 bits per heavy atom. The molecule has 18 heteroatoms. The predicted molar refractivity (Wildman–Crippen MR) is 204 cm³/mol. The van der Waals surface area contributed by atoms with Crippen molar-refractivity contribution < 1.29 is 37.3 Å². The molecule has 6 aromatic rings. The maximum atomic E-state index is 14.5. The number of aromatic nitrogens is 6. The summed E-state index contributed by atoms with van der Waals surface area (Å²) in [6.07, 6.45) is 2.40. The number of hydrogen-bond acceptors (Lipinski definition) is 11. The fourth-order valence-electron chi connectivity index (χ4n) is 8.26. The summed E-state index contributed by atoms with van der Waals surface area (Å²) >= 11 is 0. The van der Waals surface area contributed by atoms with Gasteiger partial charge in [0.15, 0.2) is 11.3 Å². The van der Waals surface area contributed by atoms with E-state index in [9.17, 15) is 27.9 Å². The molecule has 8 heterocycles. The van der Waals surface area contributed by atoms with Gasteiger partial charge in [0, 0.05) is 36.5 Å². The molecule has 4 aliphatic rings. The molecule has 15 nitrogen and oxygen atoms in total. The molecule has 3 N–H and O–H groups in total. The van der Waals surface area contributed by atoms with Gasteiger partial charge < -0.3 is 35.0 Å². The molecule has 2 aromatic carbocycles. The van der Waals surface area contributed by atoms with E-state index < -0.39 is 24.1 Å². The zero-order valence-electron chi connectivity index (χ0n) is 31.5. The number of carbonyl (C=O) groups excluding carboxylic acids is 2. The zero-order valence-corrected chi connectivity index (χ0v) is 31.5. The van der Waals surface area contributed by atoms with E-state index in [1.807, 2.05) is 4.90 Å². The molecule has 10 rings (SSSR count). The first-order valence-electron chi connectivity index (χ1n) is 19.0. The quantitative estimate of drug-likeness (QED) is 0.202. The normalized spacial score (nSPS) is 21.6. The van der Waals surface area contributed by atoms with Gasteiger partial charge >= 0.3 is 0 Å². The van der Waals surface area contributed by atoms with Gasteiger partial charge in [0.25, 0.3) is 11.8 Å². The van der Waals surface area contributed by atoms with Crippen LogP contribution in [0.5, 0.6) is 11.5 Å². The summed E-state index contributed by atoms with van der Waals surface area (Å²) in [4.78, 5) is 38.5. The van der Waals surface area contributed by atoms with Crippen molar-refractivity contribution in [3.05, 3.63) is 106 Å². The first-order chi connectivity index (χ1) is 28.0. The molecular formula is C40H39F3N10O5. The van der Waals surface area contributed by atoms with Crippen molar-refractivity contribution in [3.8, 4) is 11.5 Å². The molecule has 2 amide bonds. The third kappa shape index (κ3) is 6.76. The lowest BCUT2D eigenvalue weighted by molar-refractivity contribution is 0.0939. The summed E-state index contributed by atoms with van der Waals surface area (Å²) in [5.74, 6) is 0.739. The second-order valence-corrected chi connectivity index (χ2v) is 14.7. The Morgan fingerprint density at radius 1 is 0.707 bits per heavy atom. The van der Waals surface area contributed by atoms with Gasteiger partial charge in [-0.3, -0.25) is 9.59 Å². The van der Waals surface area contributed by atoms with Crippen LogP contribution in [0, 0.1) is 25.5 Å². The number of aryl methyl sites for hydroxylation is 2. The van der Waals surface area contributed by atoms with Gasteiger partial charge in [0.1, 0.15) is 65.3 Å². The highest BCUT2D eigenvalue weighted by atomic mass is 19.1. The molecule has 4 bridgehead atoms. The van der Waals surface area contributed by atoms with Gasteiger partial charge in [0.05, 0.1) is 49.2 Å². The number of aliphatic hydroxyl groups excluding tert-OH is 1. The van der Waals surface area contributed by atoms with Crippen LogP contribution in [0.3, 0.4) is 0 Å². The number of fused-ring (bicyclic) bond motifs is 10. The lowest BCUT2D eigenvalue weighted by atomic mass is 10.0. The molecule has 4 atom stereocenters. The standard InChI is InChI=1S/C20H19F2N5O2.C20H20FN5O3/c1-11-18-19-24-17(4-6-27(19)25-11)26-10-13(22)9-15(26)14-8-12(21)2-3-16(14)29-7-5-23-20(18)28;1-11-18-19-23-17(4-6-26(19)24-11)25-10-13(27)9-15(25)14-8-12(21)2-3-16(14)29-7-5-22-20(18)28/h2-4,6,8,13,15H,5,7,9-10H2,1H3,(H,23,28);2-4,6,8,13,15,27H,5,7,9-10H2,1H3,(H,22,28)/t13-,15+;13-,15-/m01/s1. The lowest BCUT2D eigenvalue weighted by Crippen LogP contribution is -2.28. The Kier molecular flexibility index (Phi) is 9.50. The molecule has 4 aromatic heterocycles. The molecule has 0 saturated carbocycles. The number of nitrogens with one attached hydrogen (secondary N) is 2. The molecule has 0 unspecified atom stereocenters.